The minimum atomic E-state index is -0.0232. The van der Waals surface area contributed by atoms with E-state index in [1.165, 1.54) is 19.3 Å². The number of benzene rings is 1. The predicted octanol–water partition coefficient (Wildman–Crippen LogP) is 3.07. The van der Waals surface area contributed by atoms with E-state index in [4.69, 9.17) is 13.9 Å². The van der Waals surface area contributed by atoms with Crippen LogP contribution >= 0.6 is 0 Å². The van der Waals surface area contributed by atoms with Gasteiger partial charge >= 0.3 is 0 Å². The second-order valence-electron chi connectivity index (χ2n) is 7.17. The van der Waals surface area contributed by atoms with E-state index in [2.05, 4.69) is 4.90 Å². The van der Waals surface area contributed by atoms with Crippen LogP contribution in [-0.2, 0) is 0 Å². The number of aryl methyl sites for hydroxylation is 1. The second kappa shape index (κ2) is 6.83. The summed E-state index contributed by atoms with van der Waals surface area (Å²) in [5, 5.41) is 0.891. The average molecular weight is 358 g/mol. The molecule has 2 fully saturated rings. The highest BCUT2D eigenvalue weighted by atomic mass is 16.5. The van der Waals surface area contributed by atoms with E-state index in [1.54, 1.807) is 14.2 Å². The van der Waals surface area contributed by atoms with Crippen molar-refractivity contribution in [2.24, 2.45) is 0 Å². The van der Waals surface area contributed by atoms with Crippen LogP contribution in [0, 0.1) is 6.92 Å². The van der Waals surface area contributed by atoms with Crippen molar-refractivity contribution in [1.29, 1.82) is 0 Å². The Morgan fingerprint density at radius 2 is 2.00 bits per heavy atom. The minimum Gasteiger partial charge on any atom is -0.493 e. The van der Waals surface area contributed by atoms with Crippen molar-refractivity contribution in [3.8, 4) is 11.5 Å². The molecule has 4 rings (SSSR count). The molecular formula is C20H26N2O4. The smallest absolute Gasteiger partial charge is 0.289 e. The van der Waals surface area contributed by atoms with E-state index in [0.29, 0.717) is 28.9 Å². The fraction of sp³-hybridized carbons (Fsp3) is 0.550. The molecule has 0 unspecified atom stereocenters. The van der Waals surface area contributed by atoms with Gasteiger partial charge in [-0.1, -0.05) is 6.42 Å². The summed E-state index contributed by atoms with van der Waals surface area (Å²) in [4.78, 5) is 17.6. The Bertz CT molecular complexity index is 829. The Hall–Kier alpha value is -2.21. The van der Waals surface area contributed by atoms with Crippen molar-refractivity contribution in [3.63, 3.8) is 0 Å². The molecule has 0 saturated carbocycles. The Labute approximate surface area is 153 Å². The molecular weight excluding hydrogens is 332 g/mol. The molecule has 2 saturated heterocycles. The molecule has 1 amide bonds. The van der Waals surface area contributed by atoms with Crippen LogP contribution in [0.1, 0.15) is 35.4 Å². The van der Waals surface area contributed by atoms with Crippen LogP contribution in [-0.4, -0.2) is 62.1 Å². The average Bonchev–Trinajstić information content (AvgIpc) is 3.02. The quantitative estimate of drug-likeness (QED) is 0.844. The van der Waals surface area contributed by atoms with Crippen LogP contribution in [0.2, 0.25) is 0 Å². The van der Waals surface area contributed by atoms with Gasteiger partial charge in [0.05, 0.1) is 14.2 Å². The van der Waals surface area contributed by atoms with E-state index in [-0.39, 0.29) is 5.91 Å². The third-order valence-electron chi connectivity index (χ3n) is 5.77. The molecule has 1 atom stereocenters. The summed E-state index contributed by atoms with van der Waals surface area (Å²) < 4.78 is 16.8. The summed E-state index contributed by atoms with van der Waals surface area (Å²) in [6, 6.07) is 4.25. The molecule has 1 aromatic carbocycles. The van der Waals surface area contributed by atoms with Crippen LogP contribution in [0.5, 0.6) is 11.5 Å². The minimum absolute atomic E-state index is 0.0232. The van der Waals surface area contributed by atoms with Gasteiger partial charge in [-0.05, 0) is 38.4 Å². The van der Waals surface area contributed by atoms with Gasteiger partial charge in [0.15, 0.2) is 17.1 Å². The summed E-state index contributed by atoms with van der Waals surface area (Å²) in [5.74, 6) is 1.52. The molecule has 6 heteroatoms. The van der Waals surface area contributed by atoms with Crippen molar-refractivity contribution in [3.05, 3.63) is 23.5 Å². The maximum absolute atomic E-state index is 13.2. The van der Waals surface area contributed by atoms with Crippen molar-refractivity contribution < 1.29 is 18.7 Å². The lowest BCUT2D eigenvalue weighted by atomic mass is 9.99. The zero-order valence-corrected chi connectivity index (χ0v) is 15.7. The lowest BCUT2D eigenvalue weighted by molar-refractivity contribution is 0.0351. The first-order valence-corrected chi connectivity index (χ1v) is 9.31. The van der Waals surface area contributed by atoms with Gasteiger partial charge in [0.1, 0.15) is 0 Å². The number of piperazine rings is 1. The topological polar surface area (TPSA) is 55.2 Å². The maximum Gasteiger partial charge on any atom is 0.289 e. The third-order valence-corrected chi connectivity index (χ3v) is 5.77. The highest BCUT2D eigenvalue weighted by Crippen LogP contribution is 2.39. The van der Waals surface area contributed by atoms with Crippen molar-refractivity contribution in [1.82, 2.24) is 9.80 Å². The number of carbonyl (C=O) groups excluding carboxylic acids is 1. The third kappa shape index (κ3) is 2.72. The molecule has 0 radical (unpaired) electrons. The SMILES string of the molecule is COc1ccc2c(C)c(C(=O)N3CCN4CCCC[C@H]4C3)oc2c1OC. The van der Waals surface area contributed by atoms with Crippen molar-refractivity contribution >= 4 is 16.9 Å². The standard InChI is InChI=1S/C20H26N2O4/c1-13-15-7-8-16(24-2)19(25-3)18(15)26-17(13)20(23)22-11-10-21-9-5-4-6-14(21)12-22/h7-8,14H,4-6,9-12H2,1-3H3/t14-/m0/s1. The van der Waals surface area contributed by atoms with Gasteiger partial charge in [-0.3, -0.25) is 9.69 Å². The summed E-state index contributed by atoms with van der Waals surface area (Å²) in [5.41, 5.74) is 1.43. The van der Waals surface area contributed by atoms with Gasteiger partial charge in [0, 0.05) is 36.6 Å². The number of furan rings is 1. The molecule has 1 aromatic heterocycles. The van der Waals surface area contributed by atoms with E-state index in [1.807, 2.05) is 24.0 Å². The van der Waals surface area contributed by atoms with Gasteiger partial charge in [-0.2, -0.15) is 0 Å². The Balaban J connectivity index is 1.65. The number of piperidine rings is 1. The van der Waals surface area contributed by atoms with Crippen molar-refractivity contribution in [2.75, 3.05) is 40.4 Å². The number of hydrogen-bond acceptors (Lipinski definition) is 5. The van der Waals surface area contributed by atoms with E-state index in [9.17, 15) is 4.79 Å². The molecule has 2 aromatic rings. The van der Waals surface area contributed by atoms with Crippen LogP contribution in [0.25, 0.3) is 11.0 Å². The Morgan fingerprint density at radius 3 is 2.77 bits per heavy atom. The highest BCUT2D eigenvalue weighted by molar-refractivity contribution is 6.00. The van der Waals surface area contributed by atoms with Crippen LogP contribution in [0.3, 0.4) is 0 Å². The molecule has 0 bridgehead atoms. The number of amides is 1. The first-order valence-electron chi connectivity index (χ1n) is 9.31. The normalized spacial score (nSPS) is 20.9. The molecule has 140 valence electrons. The molecule has 0 aliphatic carbocycles. The summed E-state index contributed by atoms with van der Waals surface area (Å²) in [7, 11) is 3.17. The van der Waals surface area contributed by atoms with Crippen LogP contribution in [0.4, 0.5) is 0 Å². The van der Waals surface area contributed by atoms with Gasteiger partial charge in [-0.15, -0.1) is 0 Å². The number of fused-ring (bicyclic) bond motifs is 2. The first-order chi connectivity index (χ1) is 12.6. The maximum atomic E-state index is 13.2. The van der Waals surface area contributed by atoms with Gasteiger partial charge in [-0.25, -0.2) is 0 Å². The lowest BCUT2D eigenvalue weighted by Gasteiger charge is -2.43. The molecule has 2 aliphatic rings. The summed E-state index contributed by atoms with van der Waals surface area (Å²) >= 11 is 0. The fourth-order valence-corrected chi connectivity index (χ4v) is 4.28. The number of ether oxygens (including phenoxy) is 2. The van der Waals surface area contributed by atoms with E-state index < -0.39 is 0 Å². The largest absolute Gasteiger partial charge is 0.493 e. The van der Waals surface area contributed by atoms with Gasteiger partial charge < -0.3 is 18.8 Å². The molecule has 2 aliphatic heterocycles. The molecule has 26 heavy (non-hydrogen) atoms. The zero-order chi connectivity index (χ0) is 18.3. The van der Waals surface area contributed by atoms with Gasteiger partial charge in [0.25, 0.3) is 5.91 Å². The summed E-state index contributed by atoms with van der Waals surface area (Å²) in [6.45, 7) is 5.59. The molecule has 3 heterocycles. The number of rotatable bonds is 3. The van der Waals surface area contributed by atoms with Gasteiger partial charge in [0.2, 0.25) is 5.75 Å². The molecule has 0 N–H and O–H groups in total. The van der Waals surface area contributed by atoms with Crippen LogP contribution < -0.4 is 9.47 Å². The first kappa shape index (κ1) is 17.2. The van der Waals surface area contributed by atoms with Crippen LogP contribution in [0.15, 0.2) is 16.5 Å². The fourth-order valence-electron chi connectivity index (χ4n) is 4.28. The Morgan fingerprint density at radius 1 is 1.15 bits per heavy atom. The van der Waals surface area contributed by atoms with E-state index >= 15 is 0 Å². The Kier molecular flexibility index (Phi) is 4.53. The number of carbonyl (C=O) groups is 1. The van der Waals surface area contributed by atoms with Crippen molar-refractivity contribution in [2.45, 2.75) is 32.2 Å². The molecule has 6 nitrogen and oxygen atoms in total. The van der Waals surface area contributed by atoms with E-state index in [0.717, 1.165) is 37.1 Å². The number of methoxy groups -OCH3 is 2. The summed E-state index contributed by atoms with van der Waals surface area (Å²) in [6.07, 6.45) is 3.70. The second-order valence-corrected chi connectivity index (χ2v) is 7.17. The highest BCUT2D eigenvalue weighted by Gasteiger charge is 2.33. The lowest BCUT2D eigenvalue weighted by Crippen LogP contribution is -2.56. The monoisotopic (exact) mass is 358 g/mol. The number of hydrogen-bond donors (Lipinski definition) is 0. The number of nitrogens with zero attached hydrogens (tertiary/aromatic N) is 2. The predicted molar refractivity (Wildman–Crippen MR) is 99.2 cm³/mol. The molecule has 0 spiro atoms. The zero-order valence-electron chi connectivity index (χ0n) is 15.7.